The van der Waals surface area contributed by atoms with Crippen molar-refractivity contribution in [2.24, 2.45) is 23.2 Å². The summed E-state index contributed by atoms with van der Waals surface area (Å²) in [4.78, 5) is 117. The summed E-state index contributed by atoms with van der Waals surface area (Å²) in [5.41, 5.74) is 2.07. The third-order valence-corrected chi connectivity index (χ3v) is 24.8. The van der Waals surface area contributed by atoms with Crippen LogP contribution in [0.25, 0.3) is 10.9 Å². The molecular formula is C69H98N8O24S2. The van der Waals surface area contributed by atoms with Crippen LogP contribution in [0.2, 0.25) is 0 Å². The van der Waals surface area contributed by atoms with E-state index in [0.29, 0.717) is 88.3 Å². The number of hydrogen-bond acceptors (Lipinski definition) is 27. The number of hydrazine groups is 1. The van der Waals surface area contributed by atoms with E-state index in [1.54, 1.807) is 19.1 Å². The number of carboxylic acids is 2. The van der Waals surface area contributed by atoms with Gasteiger partial charge in [0.1, 0.15) is 55.5 Å². The number of hydrogen-bond donors (Lipinski definition) is 18. The van der Waals surface area contributed by atoms with Crippen LogP contribution in [0.15, 0.2) is 48.6 Å². The van der Waals surface area contributed by atoms with Gasteiger partial charge in [-0.3, -0.25) is 44.0 Å². The van der Waals surface area contributed by atoms with Gasteiger partial charge in [-0.25, -0.2) is 15.0 Å². The fourth-order valence-corrected chi connectivity index (χ4v) is 19.4. The number of carbonyl (C=O) groups excluding carboxylic acids is 6. The van der Waals surface area contributed by atoms with Gasteiger partial charge in [-0.05, 0) is 87.1 Å². The molecular weight excluding hydrogens is 1390 g/mol. The van der Waals surface area contributed by atoms with E-state index in [1.807, 2.05) is 50.3 Å². The number of piperidine rings is 1. The molecule has 34 heteroatoms. The minimum absolute atomic E-state index is 0.0526. The number of anilines is 1. The number of likely N-dealkylation sites (N-methyl/N-ethyl adjacent to an activating group) is 1. The van der Waals surface area contributed by atoms with Crippen LogP contribution in [0.5, 0.6) is 5.75 Å². The van der Waals surface area contributed by atoms with Gasteiger partial charge in [0, 0.05) is 108 Å². The number of rotatable bonds is 34. The van der Waals surface area contributed by atoms with Crippen molar-refractivity contribution in [3.63, 3.8) is 0 Å². The molecule has 2 aromatic carbocycles. The van der Waals surface area contributed by atoms with Crippen molar-refractivity contribution >= 4 is 86.2 Å². The van der Waals surface area contributed by atoms with Crippen molar-refractivity contribution in [1.82, 2.24) is 36.3 Å². The molecule has 20 atom stereocenters. The molecule has 18 N–H and O–H groups in total. The molecule has 1 spiro atoms. The molecule has 1 aliphatic carbocycles. The number of aromatic amines is 1. The van der Waals surface area contributed by atoms with Gasteiger partial charge in [-0.1, -0.05) is 72.7 Å². The topological polar surface area (TPSA) is 501 Å². The summed E-state index contributed by atoms with van der Waals surface area (Å²) in [6, 6.07) is 6.62. The molecule has 6 aliphatic rings. The average molecular weight is 1490 g/mol. The number of Topliss-reactive ketones (excluding diaryl/α,β-unsaturated/α-hetero) is 1. The zero-order valence-electron chi connectivity index (χ0n) is 58.1. The average Bonchev–Trinajstić information content (AvgIpc) is 1.49. The molecule has 1 aromatic heterocycles. The van der Waals surface area contributed by atoms with E-state index in [4.69, 9.17) is 14.2 Å². The second-order valence-electron chi connectivity index (χ2n) is 28.2. The Balaban J connectivity index is 0.908. The minimum Gasteiger partial charge on any atom is -0.496 e. The SMILES string of the molecule is CC[C@@H](C(=O)N[C@@H](CCC(=O)O)C(=O)C[C@@H](C(=O)N[C@@H](CSSCCOC(=O)NNC(=O)[C@@]1(O)[C@H](O)[C@]2(CC)C=CCN3CC[C@@]4(c5cc([C@@]6(COC=O)C[C@@H]7CN(CCc8c6[nH]c6ccccc86)C[C@](O)(CC)C7)c(OC)cc5N(C)[C@@H]14)[C@@H]32)C(=O)O)[C@@H](O)[C@H](O)[C@H](O)CO)[C@@H](O)[C@H](O)[C@H](O)CO. The number of benzene rings is 2. The highest BCUT2D eigenvalue weighted by Gasteiger charge is 2.79. The number of nitrogens with one attached hydrogen (secondary N) is 5. The number of aromatic nitrogens is 1. The third kappa shape index (κ3) is 15.5. The third-order valence-electron chi connectivity index (χ3n) is 22.4. The van der Waals surface area contributed by atoms with Crippen LogP contribution >= 0.6 is 21.6 Å². The van der Waals surface area contributed by atoms with Crippen LogP contribution in [-0.4, -0.2) is 292 Å². The molecule has 570 valence electrons. The molecule has 0 radical (unpaired) electrons. The lowest BCUT2D eigenvalue weighted by Gasteiger charge is -2.63. The zero-order valence-corrected chi connectivity index (χ0v) is 59.7. The lowest BCUT2D eigenvalue weighted by molar-refractivity contribution is -0.204. The van der Waals surface area contributed by atoms with Crippen molar-refractivity contribution in [3.05, 3.63) is 70.9 Å². The zero-order chi connectivity index (χ0) is 75.3. The standard InChI is InChI=1S/C69H98N8O24S2/c1-6-37(52(86)54(88)48(82)30-78)57(90)71-44(14-15-51(84)85)47(81)24-40(53(87)55(89)49(83)31-79)58(91)72-45(59(92)93)32-103-102-23-22-101-64(96)74-73-63(95)69(98)61-68(18-21-77-19-11-17-66(8-3,60(68)77)62(69)94)41-25-42(50(99-5)26-46(41)75(61)4)67(34-100-35-80)28-36-27-65(97,7-2)33-76(29-36)20-16-39-38-12-9-10-13-43(38)70-56(39)67/h9-13,17,25-26,35-37,40,44-45,48-49,52-55,60-62,70,78-79,82-83,86-89,94,97-98H,6-8,14-16,18-24,27-34H2,1-5H3,(H,71,90)(H,72,91)(H,73,95)(H,74,96)(H,84,85)(H,92,93)/t36-,37-,40-,44+,45+,48-,49-,52-,53-,54-,55-,60+,61-,62-,65+,66-,67+,68-,69+/m1/s1. The van der Waals surface area contributed by atoms with Gasteiger partial charge in [-0.15, -0.1) is 0 Å². The molecule has 2 saturated heterocycles. The summed E-state index contributed by atoms with van der Waals surface area (Å²) < 4.78 is 17.8. The van der Waals surface area contributed by atoms with Crippen molar-refractivity contribution < 1.29 is 119 Å². The summed E-state index contributed by atoms with van der Waals surface area (Å²) in [5, 5.41) is 146. The number of carbonyl (C=O) groups is 8. The molecule has 32 nitrogen and oxygen atoms in total. The van der Waals surface area contributed by atoms with Crippen molar-refractivity contribution in [3.8, 4) is 5.75 Å². The quantitative estimate of drug-likeness (QED) is 0.0102. The molecule has 3 fully saturated rings. The molecule has 5 aliphatic heterocycles. The van der Waals surface area contributed by atoms with Gasteiger partial charge in [-0.2, -0.15) is 0 Å². The highest BCUT2D eigenvalue weighted by molar-refractivity contribution is 8.76. The van der Waals surface area contributed by atoms with E-state index in [-0.39, 0.29) is 37.7 Å². The van der Waals surface area contributed by atoms with Crippen LogP contribution in [0, 0.1) is 23.2 Å². The number of aliphatic hydroxyl groups is 11. The van der Waals surface area contributed by atoms with Crippen LogP contribution in [0.3, 0.4) is 0 Å². The van der Waals surface area contributed by atoms with Crippen molar-refractivity contribution in [2.45, 2.75) is 174 Å². The molecule has 2 bridgehead atoms. The number of carboxylic acid groups (broad SMARTS) is 2. The predicted octanol–water partition coefficient (Wildman–Crippen LogP) is -1.94. The number of aliphatic hydroxyl groups excluding tert-OH is 9. The van der Waals surface area contributed by atoms with E-state index < -0.39 is 186 Å². The molecule has 3 aromatic rings. The first-order valence-electron chi connectivity index (χ1n) is 34.7. The Morgan fingerprint density at radius 1 is 0.825 bits per heavy atom. The molecule has 1 saturated carbocycles. The summed E-state index contributed by atoms with van der Waals surface area (Å²) in [5.74, 6) is -11.9. The molecule has 1 unspecified atom stereocenters. The first-order valence-corrected chi connectivity index (χ1v) is 37.2. The van der Waals surface area contributed by atoms with Crippen molar-refractivity contribution in [2.75, 3.05) is 89.7 Å². The molecule has 103 heavy (non-hydrogen) atoms. The lowest BCUT2D eigenvalue weighted by atomic mass is 9.47. The summed E-state index contributed by atoms with van der Waals surface area (Å²) in [6.45, 7) is 5.83. The highest BCUT2D eigenvalue weighted by Crippen LogP contribution is 2.68. The Hall–Kier alpha value is -6.74. The van der Waals surface area contributed by atoms with Crippen LogP contribution < -0.4 is 31.1 Å². The Labute approximate surface area is 602 Å². The van der Waals surface area contributed by atoms with Gasteiger partial charge in [0.25, 0.3) is 12.4 Å². The maximum absolute atomic E-state index is 15.3. The molecule has 6 heterocycles. The van der Waals surface area contributed by atoms with Crippen molar-refractivity contribution in [1.29, 1.82) is 0 Å². The number of ketones is 1. The van der Waals surface area contributed by atoms with E-state index >= 15 is 4.79 Å². The Morgan fingerprint density at radius 3 is 2.15 bits per heavy atom. The summed E-state index contributed by atoms with van der Waals surface area (Å²) in [6.07, 6.45) is -12.2. The predicted molar refractivity (Wildman–Crippen MR) is 372 cm³/mol. The fraction of sp³-hybridized carbons (Fsp3) is 0.652. The normalized spacial score (nSPS) is 29.2. The van der Waals surface area contributed by atoms with Gasteiger partial charge in [0.15, 0.2) is 11.4 Å². The number of para-hydroxylation sites is 1. The van der Waals surface area contributed by atoms with Gasteiger partial charge in [0.2, 0.25) is 11.8 Å². The van der Waals surface area contributed by atoms with E-state index in [1.165, 1.54) is 6.92 Å². The largest absolute Gasteiger partial charge is 0.496 e. The second kappa shape index (κ2) is 33.4. The summed E-state index contributed by atoms with van der Waals surface area (Å²) >= 11 is 0. The Morgan fingerprint density at radius 2 is 1.50 bits per heavy atom. The van der Waals surface area contributed by atoms with E-state index in [9.17, 15) is 99.9 Å². The number of amides is 4. The lowest BCUT2D eigenvalue weighted by Crippen LogP contribution is -2.82. The summed E-state index contributed by atoms with van der Waals surface area (Å²) in [7, 11) is 5.07. The number of ether oxygens (including phenoxy) is 3. The number of nitrogens with zero attached hydrogens (tertiary/aromatic N) is 3. The van der Waals surface area contributed by atoms with Crippen LogP contribution in [0.4, 0.5) is 10.5 Å². The highest BCUT2D eigenvalue weighted by atomic mass is 33.1. The Bertz CT molecular complexity index is 3610. The molecule has 4 amide bonds. The number of H-pyrrole nitrogens is 1. The maximum Gasteiger partial charge on any atom is 0.426 e. The van der Waals surface area contributed by atoms with E-state index in [0.717, 1.165) is 49.3 Å². The number of fused-ring (bicyclic) bond motifs is 6. The van der Waals surface area contributed by atoms with Gasteiger partial charge >= 0.3 is 18.0 Å². The van der Waals surface area contributed by atoms with Gasteiger partial charge < -0.3 is 101 Å². The van der Waals surface area contributed by atoms with Crippen LogP contribution in [0.1, 0.15) is 101 Å². The minimum atomic E-state index is -2.70. The van der Waals surface area contributed by atoms with Gasteiger partial charge in [0.05, 0.1) is 67.5 Å². The van der Waals surface area contributed by atoms with Crippen LogP contribution in [-0.2, 0) is 60.3 Å². The first-order chi connectivity index (χ1) is 49.0. The first kappa shape index (κ1) is 80.4. The number of aliphatic carboxylic acids is 2. The smallest absolute Gasteiger partial charge is 0.426 e. The Kier molecular flexibility index (Phi) is 26.0. The maximum atomic E-state index is 15.3. The fourth-order valence-electron chi connectivity index (χ4n) is 17.4. The number of methoxy groups -OCH3 is 1. The van der Waals surface area contributed by atoms with E-state index in [2.05, 4.69) is 48.4 Å². The molecule has 9 rings (SSSR count). The monoisotopic (exact) mass is 1490 g/mol. The second-order valence-corrected chi connectivity index (χ2v) is 30.8.